The second-order valence-electron chi connectivity index (χ2n) is 11.7. The molecule has 0 spiro atoms. The van der Waals surface area contributed by atoms with Crippen molar-refractivity contribution in [2.45, 2.75) is 92.4 Å². The molecule has 3 rings (SSSR count). The van der Waals surface area contributed by atoms with Crippen molar-refractivity contribution in [3.8, 4) is 11.1 Å². The van der Waals surface area contributed by atoms with Crippen molar-refractivity contribution in [3.05, 3.63) is 64.7 Å². The van der Waals surface area contributed by atoms with Crippen LogP contribution in [0.3, 0.4) is 0 Å². The van der Waals surface area contributed by atoms with Crippen LogP contribution in [0.15, 0.2) is 42.5 Å². The summed E-state index contributed by atoms with van der Waals surface area (Å²) in [6, 6.07) is 16.9. The number of hydrogen-bond donors (Lipinski definition) is 0. The molecule has 33 heavy (non-hydrogen) atoms. The summed E-state index contributed by atoms with van der Waals surface area (Å²) in [5.41, 5.74) is 8.92. The normalized spacial score (nSPS) is 12.1. The molecule has 0 N–H and O–H groups in total. The first kappa shape index (κ1) is 28.7. The molecule has 0 heterocycles. The van der Waals surface area contributed by atoms with E-state index in [1.807, 2.05) is 0 Å². The Morgan fingerprint density at radius 2 is 1.42 bits per heavy atom. The molecule has 3 aromatic rings. The van der Waals surface area contributed by atoms with Crippen LogP contribution in [0.25, 0.3) is 21.9 Å². The Kier molecular flexibility index (Phi) is 10.4. The van der Waals surface area contributed by atoms with Crippen LogP contribution in [0.5, 0.6) is 0 Å². The molecule has 0 bridgehead atoms. The van der Waals surface area contributed by atoms with Crippen LogP contribution in [0.1, 0.15) is 91.0 Å². The molecule has 3 aromatic carbocycles. The minimum absolute atomic E-state index is 0.129. The SMILES string of the molecule is CCCc1ccc2[cH-]c(CC(C)C)cc2c1-c1cc(C(C)(C)C)cc(C(C)(C)C)c1.[Cl][Zr][Cl]. The van der Waals surface area contributed by atoms with Gasteiger partial charge in [0.2, 0.25) is 0 Å². The van der Waals surface area contributed by atoms with Crippen molar-refractivity contribution in [1.29, 1.82) is 0 Å². The van der Waals surface area contributed by atoms with Gasteiger partial charge in [-0.1, -0.05) is 98.1 Å². The molecule has 0 unspecified atom stereocenters. The number of aryl methyl sites for hydroxylation is 1. The van der Waals surface area contributed by atoms with Crippen LogP contribution >= 0.6 is 17.0 Å². The molecule has 180 valence electrons. The average Bonchev–Trinajstić information content (AvgIpc) is 3.08. The van der Waals surface area contributed by atoms with Crippen molar-refractivity contribution in [3.63, 3.8) is 0 Å². The average molecular weight is 564 g/mol. The van der Waals surface area contributed by atoms with Gasteiger partial charge in [0.25, 0.3) is 0 Å². The van der Waals surface area contributed by atoms with E-state index in [1.54, 1.807) is 0 Å². The third kappa shape index (κ3) is 7.75. The second kappa shape index (κ2) is 12.0. The topological polar surface area (TPSA) is 0 Å². The summed E-state index contributed by atoms with van der Waals surface area (Å²) in [6.07, 6.45) is 3.44. The summed E-state index contributed by atoms with van der Waals surface area (Å²) in [5, 5.41) is 2.82. The third-order valence-electron chi connectivity index (χ3n) is 6.15. The minimum atomic E-state index is -0.826. The molecule has 0 saturated carbocycles. The second-order valence-corrected chi connectivity index (χ2v) is 15.4. The first-order chi connectivity index (χ1) is 15.3. The van der Waals surface area contributed by atoms with Gasteiger partial charge in [-0.05, 0) is 46.3 Å². The van der Waals surface area contributed by atoms with Crippen LogP contribution in [0, 0.1) is 5.92 Å². The maximum absolute atomic E-state index is 4.93. The van der Waals surface area contributed by atoms with Crippen LogP contribution in [0.2, 0.25) is 0 Å². The van der Waals surface area contributed by atoms with E-state index in [0.717, 1.165) is 12.8 Å². The molecule has 0 saturated heterocycles. The molecule has 0 fully saturated rings. The Bertz CT molecular complexity index is 1010. The van der Waals surface area contributed by atoms with Gasteiger partial charge in [0, 0.05) is 0 Å². The van der Waals surface area contributed by atoms with E-state index in [-0.39, 0.29) is 10.8 Å². The predicted molar refractivity (Wildman–Crippen MR) is 147 cm³/mol. The standard InChI is InChI=1S/C30H41.2ClH.Zr/c1-10-11-22-12-13-23-15-21(14-20(2)3)16-27(23)28(22)24-17-25(29(4,5)6)19-26(18-24)30(7,8)9;;;/h12-13,15-20H,10-11,14H2,1-9H3;2*1H;/q-1;;;+2/p-2. The van der Waals surface area contributed by atoms with Crippen LogP contribution in [-0.2, 0) is 44.5 Å². The fraction of sp³-hybridized carbons (Fsp3) is 0.500. The van der Waals surface area contributed by atoms with Crippen molar-refractivity contribution < 1.29 is 20.8 Å². The van der Waals surface area contributed by atoms with E-state index in [2.05, 4.69) is 105 Å². The summed E-state index contributed by atoms with van der Waals surface area (Å²) in [4.78, 5) is 0. The van der Waals surface area contributed by atoms with Crippen LogP contribution in [-0.4, -0.2) is 0 Å². The van der Waals surface area contributed by atoms with Gasteiger partial charge in [-0.15, -0.1) is 34.5 Å². The van der Waals surface area contributed by atoms with Crippen molar-refractivity contribution in [1.82, 2.24) is 0 Å². The van der Waals surface area contributed by atoms with E-state index in [9.17, 15) is 0 Å². The van der Waals surface area contributed by atoms with Gasteiger partial charge in [0.15, 0.2) is 0 Å². The molecule has 0 aliphatic heterocycles. The van der Waals surface area contributed by atoms with E-state index in [0.29, 0.717) is 5.92 Å². The fourth-order valence-corrected chi connectivity index (χ4v) is 4.43. The van der Waals surface area contributed by atoms with Gasteiger partial charge in [-0.2, -0.15) is 6.07 Å². The van der Waals surface area contributed by atoms with E-state index < -0.39 is 20.8 Å². The molecule has 0 aliphatic carbocycles. The first-order valence-corrected chi connectivity index (χ1v) is 18.5. The number of hydrogen-bond acceptors (Lipinski definition) is 0. The maximum atomic E-state index is 4.93. The summed E-state index contributed by atoms with van der Waals surface area (Å²) >= 11 is -0.826. The summed E-state index contributed by atoms with van der Waals surface area (Å²) in [7, 11) is 9.87. The first-order valence-electron chi connectivity index (χ1n) is 12.2. The van der Waals surface area contributed by atoms with Gasteiger partial charge in [0.05, 0.1) is 0 Å². The predicted octanol–water partition coefficient (Wildman–Crippen LogP) is 10.3. The molecule has 0 amide bonds. The quantitative estimate of drug-likeness (QED) is 0.271. The Morgan fingerprint density at radius 3 is 1.88 bits per heavy atom. The Balaban J connectivity index is 0.00000122. The molecular formula is C30H41Cl2Zr-. The fourth-order valence-electron chi connectivity index (χ4n) is 4.43. The van der Waals surface area contributed by atoms with Gasteiger partial charge in [0.1, 0.15) is 0 Å². The summed E-state index contributed by atoms with van der Waals surface area (Å²) in [6.45, 7) is 20.9. The number of benzene rings is 2. The van der Waals surface area contributed by atoms with Crippen molar-refractivity contribution >= 4 is 27.8 Å². The van der Waals surface area contributed by atoms with Crippen LogP contribution in [0.4, 0.5) is 0 Å². The summed E-state index contributed by atoms with van der Waals surface area (Å²) in [5.74, 6) is 0.678. The van der Waals surface area contributed by atoms with E-state index in [1.165, 1.54) is 50.6 Å². The number of halogens is 2. The molecule has 0 atom stereocenters. The Morgan fingerprint density at radius 1 is 0.879 bits per heavy atom. The molecule has 0 radical (unpaired) electrons. The summed E-state index contributed by atoms with van der Waals surface area (Å²) < 4.78 is 0. The monoisotopic (exact) mass is 561 g/mol. The van der Waals surface area contributed by atoms with Gasteiger partial charge in [-0.25, -0.2) is 0 Å². The van der Waals surface area contributed by atoms with E-state index in [4.69, 9.17) is 17.0 Å². The zero-order valence-corrected chi connectivity index (χ0v) is 26.0. The zero-order chi connectivity index (χ0) is 25.0. The number of fused-ring (bicyclic) bond motifs is 1. The van der Waals surface area contributed by atoms with Crippen LogP contribution < -0.4 is 0 Å². The Labute approximate surface area is 221 Å². The molecular weight excluding hydrogens is 522 g/mol. The molecule has 0 nitrogen and oxygen atoms in total. The molecule has 0 aliphatic rings. The van der Waals surface area contributed by atoms with Gasteiger partial charge in [-0.3, -0.25) is 0 Å². The van der Waals surface area contributed by atoms with Crippen molar-refractivity contribution in [2.24, 2.45) is 5.92 Å². The van der Waals surface area contributed by atoms with Crippen molar-refractivity contribution in [2.75, 3.05) is 0 Å². The number of rotatable bonds is 5. The third-order valence-corrected chi connectivity index (χ3v) is 6.15. The van der Waals surface area contributed by atoms with Gasteiger partial charge < -0.3 is 0 Å². The van der Waals surface area contributed by atoms with Gasteiger partial charge >= 0.3 is 37.9 Å². The molecule has 0 aromatic heterocycles. The Hall–Kier alpha value is -0.487. The molecule has 3 heteroatoms. The van der Waals surface area contributed by atoms with E-state index >= 15 is 0 Å². The zero-order valence-electron chi connectivity index (χ0n) is 22.0.